The fourth-order valence-corrected chi connectivity index (χ4v) is 6.39. The zero-order chi connectivity index (χ0) is 23.2. The number of hydrogen-bond acceptors (Lipinski definition) is 6. The molecular weight excluding hydrogens is 452 g/mol. The highest BCUT2D eigenvalue weighted by molar-refractivity contribution is 6.31. The lowest BCUT2D eigenvalue weighted by molar-refractivity contribution is -0.149. The average Bonchev–Trinajstić information content (AvgIpc) is 3.01. The monoisotopic (exact) mass is 480 g/mol. The molecule has 2 aromatic carbocycles. The van der Waals surface area contributed by atoms with E-state index in [9.17, 15) is 9.90 Å². The van der Waals surface area contributed by atoms with Crippen LogP contribution < -0.4 is 10.1 Å². The van der Waals surface area contributed by atoms with Crippen LogP contribution in [-0.4, -0.2) is 72.0 Å². The van der Waals surface area contributed by atoms with Gasteiger partial charge in [-0.1, -0.05) is 23.7 Å². The molecular formula is C26H29ClN4O3. The number of halogens is 1. The van der Waals surface area contributed by atoms with Crippen LogP contribution in [0, 0.1) is 17.8 Å². The number of hydrogen-bond donors (Lipinski definition) is 2. The maximum atomic E-state index is 12.6. The lowest BCUT2D eigenvalue weighted by Gasteiger charge is -2.49. The smallest absolute Gasteiger partial charge is 0.308 e. The number of piperidine rings is 3. The maximum absolute atomic E-state index is 12.6. The molecule has 34 heavy (non-hydrogen) atoms. The Morgan fingerprint density at radius 2 is 1.94 bits per heavy atom. The number of nitrogens with one attached hydrogen (secondary N) is 1. The number of carbonyl (C=O) groups is 1. The first-order valence-corrected chi connectivity index (χ1v) is 12.5. The van der Waals surface area contributed by atoms with Gasteiger partial charge in [0.05, 0.1) is 11.5 Å². The molecule has 2 bridgehead atoms. The standard InChI is InChI=1S/C26H29ClN4O3/c27-17-5-6-23-20(13-17)29-25(18-3-1-2-4-22(18)34-23)31-12-9-28-21(15-31)24(26(32)33)19-14-30-10-7-16(19)8-11-30/h1-6,13,16,19,21,24,28H,7-12,14-15H2,(H,32,33)/t19-,21-,24?/m1/s1. The second-order valence-corrected chi connectivity index (χ2v) is 10.3. The molecule has 0 aliphatic carbocycles. The van der Waals surface area contributed by atoms with Gasteiger partial charge in [0.15, 0.2) is 5.75 Å². The Bertz CT molecular complexity index is 1130. The van der Waals surface area contributed by atoms with Crippen LogP contribution in [-0.2, 0) is 4.79 Å². The summed E-state index contributed by atoms with van der Waals surface area (Å²) in [6.45, 7) is 5.14. The van der Waals surface area contributed by atoms with Gasteiger partial charge in [-0.2, -0.15) is 0 Å². The van der Waals surface area contributed by atoms with Crippen molar-refractivity contribution in [2.24, 2.45) is 22.7 Å². The fraction of sp³-hybridized carbons (Fsp3) is 0.462. The number of piperazine rings is 1. The van der Waals surface area contributed by atoms with E-state index in [1.165, 1.54) is 0 Å². The molecule has 2 aromatic rings. The number of carboxylic acid groups (broad SMARTS) is 1. The first-order chi connectivity index (χ1) is 16.6. The van der Waals surface area contributed by atoms with Crippen molar-refractivity contribution in [1.82, 2.24) is 15.1 Å². The minimum atomic E-state index is -0.693. The average molecular weight is 481 g/mol. The van der Waals surface area contributed by atoms with Gasteiger partial charge in [-0.05, 0) is 68.1 Å². The van der Waals surface area contributed by atoms with Crippen LogP contribution in [0.25, 0.3) is 0 Å². The maximum Gasteiger partial charge on any atom is 0.308 e. The van der Waals surface area contributed by atoms with Crippen molar-refractivity contribution >= 4 is 29.1 Å². The number of fused-ring (bicyclic) bond motifs is 5. The summed E-state index contributed by atoms with van der Waals surface area (Å²) < 4.78 is 6.20. The molecule has 5 aliphatic rings. The minimum Gasteiger partial charge on any atom is -0.481 e. The van der Waals surface area contributed by atoms with Crippen molar-refractivity contribution in [2.45, 2.75) is 18.9 Å². The molecule has 5 heterocycles. The molecule has 7 nitrogen and oxygen atoms in total. The van der Waals surface area contributed by atoms with Crippen molar-refractivity contribution in [3.63, 3.8) is 0 Å². The summed E-state index contributed by atoms with van der Waals surface area (Å²) in [5, 5.41) is 14.5. The molecule has 0 radical (unpaired) electrons. The van der Waals surface area contributed by atoms with E-state index in [1.807, 2.05) is 36.4 Å². The molecule has 0 aromatic heterocycles. The summed E-state index contributed by atoms with van der Waals surface area (Å²) in [4.78, 5) is 22.2. The number of carboxylic acids is 1. The lowest BCUT2D eigenvalue weighted by atomic mass is 9.70. The molecule has 3 atom stereocenters. The minimum absolute atomic E-state index is 0.144. The molecule has 0 spiro atoms. The highest BCUT2D eigenvalue weighted by Crippen LogP contribution is 2.41. The van der Waals surface area contributed by atoms with Gasteiger partial charge < -0.3 is 25.0 Å². The van der Waals surface area contributed by atoms with Crippen LogP contribution in [0.4, 0.5) is 5.69 Å². The van der Waals surface area contributed by atoms with Crippen LogP contribution in [0.15, 0.2) is 47.5 Å². The molecule has 4 fully saturated rings. The van der Waals surface area contributed by atoms with Crippen LogP contribution in [0.3, 0.4) is 0 Å². The SMILES string of the molecule is O=C(O)C([C@@H]1CN2CCC1CC2)[C@H]1CN(C2=Nc3cc(Cl)ccc3Oc3ccccc32)CCN1. The van der Waals surface area contributed by atoms with Crippen LogP contribution in [0.5, 0.6) is 11.5 Å². The Kier molecular flexibility index (Phi) is 5.71. The predicted octanol–water partition coefficient (Wildman–Crippen LogP) is 3.84. The molecule has 2 N–H and O–H groups in total. The molecule has 178 valence electrons. The Hall–Kier alpha value is -2.61. The van der Waals surface area contributed by atoms with Gasteiger partial charge in [0, 0.05) is 37.2 Å². The van der Waals surface area contributed by atoms with E-state index in [2.05, 4.69) is 15.1 Å². The fourth-order valence-electron chi connectivity index (χ4n) is 6.22. The van der Waals surface area contributed by atoms with Gasteiger partial charge in [0.2, 0.25) is 0 Å². The van der Waals surface area contributed by atoms with E-state index >= 15 is 0 Å². The Labute approximate surface area is 204 Å². The van der Waals surface area contributed by atoms with Crippen molar-refractivity contribution in [1.29, 1.82) is 0 Å². The molecule has 5 aliphatic heterocycles. The van der Waals surface area contributed by atoms with Crippen LogP contribution in [0.2, 0.25) is 5.02 Å². The number of amidine groups is 1. The summed E-state index contributed by atoms with van der Waals surface area (Å²) in [6, 6.07) is 13.2. The molecule has 4 saturated heterocycles. The third-order valence-corrected chi connectivity index (χ3v) is 8.12. The van der Waals surface area contributed by atoms with E-state index in [4.69, 9.17) is 21.3 Å². The molecule has 0 saturated carbocycles. The molecule has 8 heteroatoms. The zero-order valence-electron chi connectivity index (χ0n) is 19.0. The van der Waals surface area contributed by atoms with Crippen LogP contribution in [0.1, 0.15) is 18.4 Å². The van der Waals surface area contributed by atoms with Gasteiger partial charge in [-0.25, -0.2) is 4.99 Å². The summed E-state index contributed by atoms with van der Waals surface area (Å²) in [7, 11) is 0. The van der Waals surface area contributed by atoms with Crippen molar-refractivity contribution in [2.75, 3.05) is 39.3 Å². The second kappa shape index (κ2) is 8.87. The van der Waals surface area contributed by atoms with Crippen molar-refractivity contribution in [3.05, 3.63) is 53.1 Å². The molecule has 1 unspecified atom stereocenters. The summed E-state index contributed by atoms with van der Waals surface area (Å²) in [5.41, 5.74) is 1.59. The number of ether oxygens (including phenoxy) is 1. The summed E-state index contributed by atoms with van der Waals surface area (Å²) in [5.74, 6) is 1.78. The number of para-hydroxylation sites is 1. The number of benzene rings is 2. The van der Waals surface area contributed by atoms with Crippen LogP contribution >= 0.6 is 11.6 Å². The third kappa shape index (κ3) is 3.96. The third-order valence-electron chi connectivity index (χ3n) is 7.89. The highest BCUT2D eigenvalue weighted by Gasteiger charge is 2.46. The Morgan fingerprint density at radius 3 is 2.71 bits per heavy atom. The number of nitrogens with zero attached hydrogens (tertiary/aromatic N) is 3. The quantitative estimate of drug-likeness (QED) is 0.695. The first-order valence-electron chi connectivity index (χ1n) is 12.2. The Balaban J connectivity index is 1.34. The Morgan fingerprint density at radius 1 is 1.12 bits per heavy atom. The normalized spacial score (nSPS) is 28.7. The van der Waals surface area contributed by atoms with E-state index in [0.29, 0.717) is 35.5 Å². The summed E-state index contributed by atoms with van der Waals surface area (Å²) >= 11 is 6.27. The summed E-state index contributed by atoms with van der Waals surface area (Å²) in [6.07, 6.45) is 2.22. The van der Waals surface area contributed by atoms with Gasteiger partial charge >= 0.3 is 5.97 Å². The molecule has 7 rings (SSSR count). The van der Waals surface area contributed by atoms with Crippen molar-refractivity contribution in [3.8, 4) is 11.5 Å². The highest BCUT2D eigenvalue weighted by atomic mass is 35.5. The zero-order valence-corrected chi connectivity index (χ0v) is 19.7. The molecule has 0 amide bonds. The first kappa shape index (κ1) is 21.9. The second-order valence-electron chi connectivity index (χ2n) is 9.82. The van der Waals surface area contributed by atoms with Gasteiger partial charge in [-0.3, -0.25) is 4.79 Å². The van der Waals surface area contributed by atoms with E-state index in [0.717, 1.165) is 56.2 Å². The number of rotatable bonds is 3. The lowest BCUT2D eigenvalue weighted by Crippen LogP contribution is -2.61. The van der Waals surface area contributed by atoms with E-state index in [-0.39, 0.29) is 12.0 Å². The van der Waals surface area contributed by atoms with Crippen molar-refractivity contribution < 1.29 is 14.6 Å². The number of aliphatic imine (C=N–C) groups is 1. The topological polar surface area (TPSA) is 77.4 Å². The number of aliphatic carboxylic acids is 1. The predicted molar refractivity (Wildman–Crippen MR) is 131 cm³/mol. The van der Waals surface area contributed by atoms with Gasteiger partial charge in [-0.15, -0.1) is 0 Å². The van der Waals surface area contributed by atoms with Gasteiger partial charge in [0.1, 0.15) is 17.3 Å². The van der Waals surface area contributed by atoms with Gasteiger partial charge in [0.25, 0.3) is 0 Å². The van der Waals surface area contributed by atoms with E-state index in [1.54, 1.807) is 6.07 Å². The largest absolute Gasteiger partial charge is 0.481 e. The van der Waals surface area contributed by atoms with E-state index < -0.39 is 11.9 Å².